The third kappa shape index (κ3) is 4.78. The Morgan fingerprint density at radius 3 is 2.19 bits per heavy atom. The van der Waals surface area contributed by atoms with Crippen molar-refractivity contribution in [2.45, 2.75) is 20.0 Å². The van der Waals surface area contributed by atoms with Gasteiger partial charge in [-0.15, -0.1) is 0 Å². The molecule has 2 N–H and O–H groups in total. The summed E-state index contributed by atoms with van der Waals surface area (Å²) < 4.78 is 44.3. The summed E-state index contributed by atoms with van der Waals surface area (Å²) in [6.07, 6.45) is -4.63. The fraction of sp³-hybridized carbons (Fsp3) is 0.263. The van der Waals surface area contributed by atoms with Crippen molar-refractivity contribution < 1.29 is 27.5 Å². The van der Waals surface area contributed by atoms with Crippen LogP contribution in [0.3, 0.4) is 0 Å². The van der Waals surface area contributed by atoms with E-state index >= 15 is 0 Å². The number of hydrogen-bond acceptors (Lipinski definition) is 3. The van der Waals surface area contributed by atoms with Crippen LogP contribution in [0.25, 0.3) is 0 Å². The highest BCUT2D eigenvalue weighted by molar-refractivity contribution is 6.14. The lowest BCUT2D eigenvalue weighted by atomic mass is 9.90. The summed E-state index contributed by atoms with van der Waals surface area (Å²) in [6.45, 7) is 2.65. The third-order valence-corrected chi connectivity index (χ3v) is 3.94. The van der Waals surface area contributed by atoms with Crippen LogP contribution in [0.5, 0.6) is 5.75 Å². The number of hydrogen-bond donors (Lipinski definition) is 2. The van der Waals surface area contributed by atoms with Crippen LogP contribution < -0.4 is 15.4 Å². The molecule has 0 bridgehead atoms. The average Bonchev–Trinajstić information content (AvgIpc) is 2.61. The Kier molecular flexibility index (Phi) is 5.78. The largest absolute Gasteiger partial charge is 0.497 e. The van der Waals surface area contributed by atoms with Crippen molar-refractivity contribution in [1.82, 2.24) is 0 Å². The Morgan fingerprint density at radius 2 is 1.56 bits per heavy atom. The third-order valence-electron chi connectivity index (χ3n) is 3.94. The van der Waals surface area contributed by atoms with Crippen LogP contribution in [-0.4, -0.2) is 18.9 Å². The highest BCUT2D eigenvalue weighted by atomic mass is 19.4. The normalized spacial score (nSPS) is 11.6. The van der Waals surface area contributed by atoms with Crippen molar-refractivity contribution >= 4 is 23.2 Å². The quantitative estimate of drug-likeness (QED) is 0.760. The second-order valence-electron chi connectivity index (χ2n) is 6.31. The van der Waals surface area contributed by atoms with Crippen molar-refractivity contribution in [2.75, 3.05) is 17.7 Å². The van der Waals surface area contributed by atoms with Crippen LogP contribution in [0.15, 0.2) is 48.5 Å². The Bertz CT molecular complexity index is 848. The number of alkyl halides is 3. The Balaban J connectivity index is 2.18. The van der Waals surface area contributed by atoms with Crippen molar-refractivity contribution in [3.8, 4) is 5.75 Å². The second-order valence-corrected chi connectivity index (χ2v) is 6.31. The zero-order valence-electron chi connectivity index (χ0n) is 15.0. The van der Waals surface area contributed by atoms with Crippen molar-refractivity contribution in [3.63, 3.8) is 0 Å². The molecule has 2 aromatic carbocycles. The summed E-state index contributed by atoms with van der Waals surface area (Å²) in [5.74, 6) is -1.02. The first-order valence-electron chi connectivity index (χ1n) is 7.99. The van der Waals surface area contributed by atoms with Crippen molar-refractivity contribution in [3.05, 3.63) is 54.1 Å². The van der Waals surface area contributed by atoms with Gasteiger partial charge in [-0.05, 0) is 38.1 Å². The number of amides is 2. The van der Waals surface area contributed by atoms with Crippen LogP contribution >= 0.6 is 0 Å². The van der Waals surface area contributed by atoms with Crippen LogP contribution in [0, 0.1) is 5.41 Å². The van der Waals surface area contributed by atoms with Gasteiger partial charge in [0.2, 0.25) is 11.8 Å². The number of nitrogens with one attached hydrogen (secondary N) is 2. The smallest absolute Gasteiger partial charge is 0.418 e. The maximum absolute atomic E-state index is 13.1. The van der Waals surface area contributed by atoms with E-state index in [1.165, 1.54) is 33.1 Å². The summed E-state index contributed by atoms with van der Waals surface area (Å²) in [5, 5.41) is 4.77. The van der Waals surface area contributed by atoms with Crippen LogP contribution in [0.2, 0.25) is 0 Å². The van der Waals surface area contributed by atoms with Crippen LogP contribution in [0.4, 0.5) is 24.5 Å². The highest BCUT2D eigenvalue weighted by Gasteiger charge is 2.39. The predicted molar refractivity (Wildman–Crippen MR) is 95.5 cm³/mol. The SMILES string of the molecule is COc1cccc(NC(=O)C(C)(C)C(=O)Nc2ccccc2C(F)(F)F)c1. The molecule has 0 aromatic heterocycles. The zero-order valence-corrected chi connectivity index (χ0v) is 15.0. The fourth-order valence-corrected chi connectivity index (χ4v) is 2.21. The molecule has 0 saturated carbocycles. The van der Waals surface area contributed by atoms with Gasteiger partial charge >= 0.3 is 6.18 Å². The number of rotatable bonds is 5. The maximum atomic E-state index is 13.1. The van der Waals surface area contributed by atoms with E-state index in [0.29, 0.717) is 11.4 Å². The first kappa shape index (κ1) is 20.3. The standard InChI is InChI=1S/C19H19F3N2O3/c1-18(2,16(25)23-12-7-6-8-13(11-12)27-3)17(26)24-15-10-5-4-9-14(15)19(20,21)22/h4-11H,1-3H3,(H,23,25)(H,24,26). The molecule has 2 aromatic rings. The molecule has 0 unspecified atom stereocenters. The molecule has 8 heteroatoms. The molecule has 0 atom stereocenters. The van der Waals surface area contributed by atoms with Crippen LogP contribution in [-0.2, 0) is 15.8 Å². The summed E-state index contributed by atoms with van der Waals surface area (Å²) in [6, 6.07) is 11.1. The Hall–Kier alpha value is -3.03. The number of carbonyl (C=O) groups excluding carboxylic acids is 2. The lowest BCUT2D eigenvalue weighted by Gasteiger charge is -2.24. The molecule has 0 spiro atoms. The maximum Gasteiger partial charge on any atom is 0.418 e. The molecule has 27 heavy (non-hydrogen) atoms. The minimum Gasteiger partial charge on any atom is -0.497 e. The van der Waals surface area contributed by atoms with Gasteiger partial charge < -0.3 is 15.4 Å². The minimum atomic E-state index is -4.63. The van der Waals surface area contributed by atoms with E-state index in [2.05, 4.69) is 10.6 Å². The van der Waals surface area contributed by atoms with E-state index in [1.807, 2.05) is 0 Å². The Labute approximate surface area is 154 Å². The Morgan fingerprint density at radius 1 is 0.926 bits per heavy atom. The number of benzene rings is 2. The molecule has 0 radical (unpaired) electrons. The van der Waals surface area contributed by atoms with E-state index < -0.39 is 34.7 Å². The second kappa shape index (κ2) is 7.69. The first-order chi connectivity index (χ1) is 12.6. The summed E-state index contributed by atoms with van der Waals surface area (Å²) in [4.78, 5) is 25.0. The minimum absolute atomic E-state index is 0.399. The number of carbonyl (C=O) groups is 2. The lowest BCUT2D eigenvalue weighted by molar-refractivity contribution is -0.137. The van der Waals surface area contributed by atoms with Gasteiger partial charge in [0.05, 0.1) is 18.4 Å². The molecule has 0 aliphatic heterocycles. The fourth-order valence-electron chi connectivity index (χ4n) is 2.21. The van der Waals surface area contributed by atoms with Crippen molar-refractivity contribution in [1.29, 1.82) is 0 Å². The van der Waals surface area contributed by atoms with Gasteiger partial charge in [0.1, 0.15) is 11.2 Å². The monoisotopic (exact) mass is 380 g/mol. The molecule has 0 fully saturated rings. The molecule has 2 rings (SSSR count). The van der Waals surface area contributed by atoms with Crippen molar-refractivity contribution in [2.24, 2.45) is 5.41 Å². The van der Waals surface area contributed by atoms with Gasteiger partial charge in [-0.2, -0.15) is 13.2 Å². The predicted octanol–water partition coefficient (Wildman–Crippen LogP) is 4.32. The summed E-state index contributed by atoms with van der Waals surface area (Å²) in [5.41, 5.74) is -2.61. The lowest BCUT2D eigenvalue weighted by Crippen LogP contribution is -2.41. The molecule has 5 nitrogen and oxygen atoms in total. The average molecular weight is 380 g/mol. The van der Waals surface area contributed by atoms with Gasteiger partial charge in [-0.1, -0.05) is 18.2 Å². The molecular formula is C19H19F3N2O3. The highest BCUT2D eigenvalue weighted by Crippen LogP contribution is 2.35. The number of ether oxygens (including phenoxy) is 1. The topological polar surface area (TPSA) is 67.4 Å². The van der Waals surface area contributed by atoms with E-state index in [0.717, 1.165) is 12.1 Å². The molecule has 144 valence electrons. The van der Waals surface area contributed by atoms with Crippen LogP contribution in [0.1, 0.15) is 19.4 Å². The molecule has 0 aliphatic rings. The van der Waals surface area contributed by atoms with Gasteiger partial charge in [-0.3, -0.25) is 9.59 Å². The molecule has 2 amide bonds. The first-order valence-corrected chi connectivity index (χ1v) is 7.99. The number of methoxy groups -OCH3 is 1. The summed E-state index contributed by atoms with van der Waals surface area (Å²) >= 11 is 0. The molecule has 0 saturated heterocycles. The molecular weight excluding hydrogens is 361 g/mol. The summed E-state index contributed by atoms with van der Waals surface area (Å²) in [7, 11) is 1.47. The van der Waals surface area contributed by atoms with Gasteiger partial charge in [0.25, 0.3) is 0 Å². The van der Waals surface area contributed by atoms with Gasteiger partial charge in [0, 0.05) is 11.8 Å². The number of anilines is 2. The number of halogens is 3. The number of para-hydroxylation sites is 1. The van der Waals surface area contributed by atoms with E-state index in [1.54, 1.807) is 24.3 Å². The van der Waals surface area contributed by atoms with E-state index in [4.69, 9.17) is 4.74 Å². The molecule has 0 aliphatic carbocycles. The van der Waals surface area contributed by atoms with Gasteiger partial charge in [-0.25, -0.2) is 0 Å². The van der Waals surface area contributed by atoms with E-state index in [-0.39, 0.29) is 0 Å². The zero-order chi connectivity index (χ0) is 20.2. The van der Waals surface area contributed by atoms with Gasteiger partial charge in [0.15, 0.2) is 0 Å². The molecule has 0 heterocycles. The van der Waals surface area contributed by atoms with E-state index in [9.17, 15) is 22.8 Å².